The molecular formula is C3H6NO2PS2. The van der Waals surface area contributed by atoms with Gasteiger partial charge in [0.15, 0.2) is 0 Å². The van der Waals surface area contributed by atoms with Gasteiger partial charge in [-0.2, -0.15) is 0 Å². The van der Waals surface area contributed by atoms with Gasteiger partial charge < -0.3 is 0 Å². The predicted octanol–water partition coefficient (Wildman–Crippen LogP) is 0.455. The fourth-order valence-electron chi connectivity index (χ4n) is 0.182. The summed E-state index contributed by atoms with van der Waals surface area (Å²) in [5.41, 5.74) is 5.13. The zero-order valence-electron chi connectivity index (χ0n) is 4.48. The van der Waals surface area contributed by atoms with Crippen LogP contribution in [-0.4, -0.2) is 22.9 Å². The zero-order valence-corrected chi connectivity index (χ0v) is 7.01. The third kappa shape index (κ3) is 4.78. The predicted molar refractivity (Wildman–Crippen MR) is 42.4 cm³/mol. The Morgan fingerprint density at radius 3 is 2.89 bits per heavy atom. The summed E-state index contributed by atoms with van der Waals surface area (Å²) in [5.74, 6) is 0.120. The van der Waals surface area contributed by atoms with Crippen molar-refractivity contribution in [2.45, 2.75) is 6.04 Å². The van der Waals surface area contributed by atoms with Gasteiger partial charge in [0.2, 0.25) is 0 Å². The molecule has 0 unspecified atom stereocenters. The molecule has 0 bridgehead atoms. The number of rotatable bonds is 2. The molecule has 0 heterocycles. The van der Waals surface area contributed by atoms with E-state index >= 15 is 0 Å². The first kappa shape index (κ1) is 9.30. The molecule has 0 aliphatic rings. The van der Waals surface area contributed by atoms with Crippen LogP contribution in [0.1, 0.15) is 0 Å². The van der Waals surface area contributed by atoms with E-state index in [1.807, 2.05) is 0 Å². The van der Waals surface area contributed by atoms with Gasteiger partial charge in [-0.25, -0.2) is 0 Å². The summed E-state index contributed by atoms with van der Waals surface area (Å²) in [6, 6.07) is -0.773. The number of aliphatic carboxylic acids is 1. The molecule has 0 aromatic heterocycles. The maximum absolute atomic E-state index is 10.0. The van der Waals surface area contributed by atoms with Gasteiger partial charge in [-0.15, -0.1) is 0 Å². The number of carbonyl (C=O) groups is 1. The number of carboxylic acids is 1. The van der Waals surface area contributed by atoms with Crippen LogP contribution in [0.15, 0.2) is 0 Å². The third-order valence-corrected chi connectivity index (χ3v) is 2.95. The van der Waals surface area contributed by atoms with Gasteiger partial charge in [0, 0.05) is 0 Å². The topological polar surface area (TPSA) is 63.3 Å². The molecule has 6 heteroatoms. The molecule has 1 atom stereocenters. The fraction of sp³-hybridized carbons (Fsp3) is 0.667. The van der Waals surface area contributed by atoms with Crippen LogP contribution in [0, 0.1) is 0 Å². The van der Waals surface area contributed by atoms with Crippen molar-refractivity contribution in [3.05, 3.63) is 0 Å². The van der Waals surface area contributed by atoms with Crippen LogP contribution in [0.4, 0.5) is 0 Å². The van der Waals surface area contributed by atoms with Crippen molar-refractivity contribution in [3.8, 4) is 0 Å². The van der Waals surface area contributed by atoms with Gasteiger partial charge in [-0.3, -0.25) is 0 Å². The number of hydrogen-bond donors (Lipinski definition) is 2. The third-order valence-electron chi connectivity index (χ3n) is 0.624. The first-order chi connectivity index (χ1) is 4.18. The van der Waals surface area contributed by atoms with E-state index in [-0.39, 0.29) is 0 Å². The molecular weight excluding hydrogens is 177 g/mol. The van der Waals surface area contributed by atoms with Gasteiger partial charge in [0.05, 0.1) is 0 Å². The Bertz CT molecular complexity index is 199. The molecule has 52 valence electrons. The zero-order chi connectivity index (χ0) is 7.28. The van der Waals surface area contributed by atoms with E-state index in [0.717, 1.165) is 0 Å². The van der Waals surface area contributed by atoms with Crippen molar-refractivity contribution in [1.82, 2.24) is 0 Å². The first-order valence-corrected chi connectivity index (χ1v) is 5.61. The molecule has 0 amide bonds. The van der Waals surface area contributed by atoms with Crippen LogP contribution in [0.3, 0.4) is 0 Å². The molecule has 3 nitrogen and oxygen atoms in total. The number of hydrogen-bond acceptors (Lipinski definition) is 3. The first-order valence-electron chi connectivity index (χ1n) is 2.11. The van der Waals surface area contributed by atoms with E-state index < -0.39 is 12.0 Å². The van der Waals surface area contributed by atoms with Crippen molar-refractivity contribution >= 4 is 34.4 Å². The SMILES string of the molecule is N[C@@H](CS#P=S)C(=O)O. The second-order valence-corrected chi connectivity index (χ2v) is 4.62. The number of carboxylic acid groups (broad SMARTS) is 1. The van der Waals surface area contributed by atoms with E-state index in [4.69, 9.17) is 10.8 Å². The van der Waals surface area contributed by atoms with Gasteiger partial charge in [0.25, 0.3) is 0 Å². The summed E-state index contributed by atoms with van der Waals surface area (Å²) >= 11 is 4.54. The van der Waals surface area contributed by atoms with Crippen molar-refractivity contribution in [1.29, 1.82) is 0 Å². The van der Waals surface area contributed by atoms with Crippen LogP contribution in [0.2, 0.25) is 0 Å². The monoisotopic (exact) mass is 183 g/mol. The molecule has 0 fully saturated rings. The van der Waals surface area contributed by atoms with Crippen molar-refractivity contribution < 1.29 is 9.90 Å². The Morgan fingerprint density at radius 2 is 2.56 bits per heavy atom. The summed E-state index contributed by atoms with van der Waals surface area (Å²) in [7, 11) is 1.33. The van der Waals surface area contributed by atoms with Crippen molar-refractivity contribution in [3.63, 3.8) is 0 Å². The molecule has 0 aromatic carbocycles. The van der Waals surface area contributed by atoms with E-state index in [1.54, 1.807) is 0 Å². The van der Waals surface area contributed by atoms with Crippen molar-refractivity contribution in [2.24, 2.45) is 5.73 Å². The Balaban J connectivity index is 3.72. The summed E-state index contributed by atoms with van der Waals surface area (Å²) in [6.45, 7) is 0. The minimum absolute atomic E-state index is 0.389. The Hall–Kier alpha value is 0.300. The van der Waals surface area contributed by atoms with Gasteiger partial charge in [-0.1, -0.05) is 0 Å². The summed E-state index contributed by atoms with van der Waals surface area (Å²) < 4.78 is 0. The molecule has 9 heavy (non-hydrogen) atoms. The van der Waals surface area contributed by atoms with Crippen LogP contribution in [0.25, 0.3) is 0 Å². The average Bonchev–Trinajstić information content (AvgIpc) is 1.82. The van der Waals surface area contributed by atoms with Crippen LogP contribution in [-0.2, 0) is 16.6 Å². The Labute approximate surface area is 62.3 Å². The van der Waals surface area contributed by atoms with Crippen LogP contribution >= 0.6 is 16.7 Å². The Kier molecular flexibility index (Phi) is 5.28. The fourth-order valence-corrected chi connectivity index (χ4v) is 1.76. The minimum atomic E-state index is -0.971. The van der Waals surface area contributed by atoms with Gasteiger partial charge in [0.1, 0.15) is 0 Å². The number of nitrogens with two attached hydrogens (primary N) is 1. The average molecular weight is 183 g/mol. The van der Waals surface area contributed by atoms with Crippen LogP contribution < -0.4 is 5.73 Å². The van der Waals surface area contributed by atoms with Crippen molar-refractivity contribution in [2.75, 3.05) is 5.75 Å². The summed E-state index contributed by atoms with van der Waals surface area (Å²) in [4.78, 5) is 10.0. The molecule has 0 saturated heterocycles. The van der Waals surface area contributed by atoms with E-state index in [1.165, 1.54) is 10.7 Å². The standard InChI is InChI=1S/C3H6NO2PS2/c4-2(3(5)6)1-9-7-8/h2H,1,4H2,(H,5,6)/t2-/m0/s1. The quantitative estimate of drug-likeness (QED) is 0.610. The molecule has 0 aromatic rings. The molecule has 0 aliphatic carbocycles. The van der Waals surface area contributed by atoms with E-state index in [2.05, 4.69) is 11.8 Å². The normalized spacial score (nSPS) is 12.1. The molecule has 0 spiro atoms. The molecule has 0 rings (SSSR count). The van der Waals surface area contributed by atoms with Gasteiger partial charge in [-0.05, 0) is 0 Å². The molecule has 0 aliphatic heterocycles. The maximum atomic E-state index is 10.0. The van der Waals surface area contributed by atoms with Crippen LogP contribution in [0.5, 0.6) is 0 Å². The second-order valence-electron chi connectivity index (χ2n) is 1.32. The summed E-state index contributed by atoms with van der Waals surface area (Å²) in [5, 5.41) is 8.23. The summed E-state index contributed by atoms with van der Waals surface area (Å²) in [6.07, 6.45) is 0. The molecule has 0 saturated carbocycles. The second kappa shape index (κ2) is 5.11. The van der Waals surface area contributed by atoms with Gasteiger partial charge >= 0.3 is 61.9 Å². The molecule has 0 radical (unpaired) electrons. The van der Waals surface area contributed by atoms with E-state index in [0.29, 0.717) is 11.7 Å². The Morgan fingerprint density at radius 1 is 2.00 bits per heavy atom. The molecule has 3 N–H and O–H groups in total. The van der Waals surface area contributed by atoms with E-state index in [9.17, 15) is 4.79 Å².